The van der Waals surface area contributed by atoms with Gasteiger partial charge >= 0.3 is 0 Å². The first-order valence-corrected chi connectivity index (χ1v) is 5.78. The highest BCUT2D eigenvalue weighted by Crippen LogP contribution is 2.27. The summed E-state index contributed by atoms with van der Waals surface area (Å²) in [4.78, 5) is 10.4. The molecule has 5 nitrogen and oxygen atoms in total. The van der Waals surface area contributed by atoms with Crippen molar-refractivity contribution in [3.8, 4) is 0 Å². The smallest absolute Gasteiger partial charge is 0.146 e. The average molecular weight is 284 g/mol. The van der Waals surface area contributed by atoms with Gasteiger partial charge in [-0.25, -0.2) is 9.97 Å². The molecule has 0 radical (unpaired) electrons. The molecule has 0 amide bonds. The molecule has 0 spiro atoms. The van der Waals surface area contributed by atoms with E-state index in [2.05, 4.69) is 35.4 Å². The van der Waals surface area contributed by atoms with Crippen LogP contribution in [0.1, 0.15) is 0 Å². The Morgan fingerprint density at radius 1 is 1.44 bits per heavy atom. The third-order valence-electron chi connectivity index (χ3n) is 2.42. The van der Waals surface area contributed by atoms with Crippen LogP contribution >= 0.6 is 15.9 Å². The maximum absolute atomic E-state index is 5.82. The van der Waals surface area contributed by atoms with Crippen molar-refractivity contribution in [3.63, 3.8) is 0 Å². The van der Waals surface area contributed by atoms with Crippen LogP contribution in [0.25, 0.3) is 11.0 Å². The van der Waals surface area contributed by atoms with Gasteiger partial charge in [-0.3, -0.25) is 0 Å². The Morgan fingerprint density at radius 3 is 2.88 bits per heavy atom. The summed E-state index contributed by atoms with van der Waals surface area (Å²) in [5, 5.41) is 0.890. The quantitative estimate of drug-likeness (QED) is 0.924. The number of rotatable bonds is 3. The van der Waals surface area contributed by atoms with E-state index in [0.717, 1.165) is 28.6 Å². The van der Waals surface area contributed by atoms with Crippen molar-refractivity contribution in [3.05, 3.63) is 17.0 Å². The molecule has 0 saturated heterocycles. The second-order valence-corrected chi connectivity index (χ2v) is 4.79. The van der Waals surface area contributed by atoms with Gasteiger partial charge in [0, 0.05) is 23.8 Å². The van der Waals surface area contributed by atoms with E-state index in [4.69, 9.17) is 5.73 Å². The van der Waals surface area contributed by atoms with Crippen molar-refractivity contribution in [1.29, 1.82) is 0 Å². The van der Waals surface area contributed by atoms with Gasteiger partial charge in [-0.15, -0.1) is 0 Å². The molecule has 2 aromatic rings. The number of hydrogen-bond acceptors (Lipinski definition) is 4. The molecule has 0 bridgehead atoms. The van der Waals surface area contributed by atoms with Crippen LogP contribution in [-0.2, 0) is 6.54 Å². The first-order chi connectivity index (χ1) is 7.59. The van der Waals surface area contributed by atoms with Crippen molar-refractivity contribution >= 4 is 32.8 Å². The Hall–Kier alpha value is -1.14. The molecule has 6 heteroatoms. The van der Waals surface area contributed by atoms with Crippen LogP contribution < -0.4 is 5.73 Å². The van der Waals surface area contributed by atoms with Gasteiger partial charge in [0.2, 0.25) is 0 Å². The molecular weight excluding hydrogens is 270 g/mol. The molecule has 0 aliphatic rings. The van der Waals surface area contributed by atoms with E-state index in [1.807, 2.05) is 20.3 Å². The van der Waals surface area contributed by atoms with Crippen LogP contribution in [0.2, 0.25) is 0 Å². The van der Waals surface area contributed by atoms with Gasteiger partial charge in [-0.1, -0.05) is 0 Å². The highest BCUT2D eigenvalue weighted by atomic mass is 79.9. The van der Waals surface area contributed by atoms with E-state index in [1.165, 1.54) is 6.33 Å². The van der Waals surface area contributed by atoms with E-state index >= 15 is 0 Å². The fourth-order valence-corrected chi connectivity index (χ4v) is 2.20. The fraction of sp³-hybridized carbons (Fsp3) is 0.400. The number of anilines is 1. The molecule has 0 aromatic carbocycles. The standard InChI is InChI=1S/C10H14BrN5/c1-15(2)3-4-16-5-7(11)8-9(12)13-6-14-10(8)16/h5-6H,3-4H2,1-2H3,(H2,12,13,14). The maximum Gasteiger partial charge on any atom is 0.146 e. The highest BCUT2D eigenvalue weighted by Gasteiger charge is 2.11. The first kappa shape index (κ1) is 11.3. The molecule has 2 aromatic heterocycles. The van der Waals surface area contributed by atoms with Crippen LogP contribution in [0.3, 0.4) is 0 Å². The topological polar surface area (TPSA) is 60.0 Å². The third kappa shape index (κ3) is 2.03. The summed E-state index contributed by atoms with van der Waals surface area (Å²) in [7, 11) is 4.09. The zero-order chi connectivity index (χ0) is 11.7. The van der Waals surface area contributed by atoms with Crippen molar-refractivity contribution in [2.24, 2.45) is 0 Å². The summed E-state index contributed by atoms with van der Waals surface area (Å²) in [6.45, 7) is 1.84. The van der Waals surface area contributed by atoms with E-state index in [9.17, 15) is 0 Å². The van der Waals surface area contributed by atoms with Gasteiger partial charge in [0.1, 0.15) is 17.8 Å². The number of halogens is 1. The SMILES string of the molecule is CN(C)CCn1cc(Br)c2c(N)ncnc21. The predicted molar refractivity (Wildman–Crippen MR) is 68.2 cm³/mol. The number of likely N-dealkylation sites (N-methyl/N-ethyl adjacent to an activating group) is 1. The lowest BCUT2D eigenvalue weighted by Gasteiger charge is -2.10. The molecule has 0 unspecified atom stereocenters. The van der Waals surface area contributed by atoms with Crippen LogP contribution in [0.4, 0.5) is 5.82 Å². The molecule has 0 aliphatic heterocycles. The van der Waals surface area contributed by atoms with Crippen molar-refractivity contribution in [1.82, 2.24) is 19.4 Å². The van der Waals surface area contributed by atoms with Gasteiger partial charge in [0.15, 0.2) is 0 Å². The van der Waals surface area contributed by atoms with Gasteiger partial charge in [-0.05, 0) is 30.0 Å². The zero-order valence-electron chi connectivity index (χ0n) is 9.31. The van der Waals surface area contributed by atoms with Crippen LogP contribution in [0.15, 0.2) is 17.0 Å². The van der Waals surface area contributed by atoms with E-state index < -0.39 is 0 Å². The largest absolute Gasteiger partial charge is 0.383 e. The van der Waals surface area contributed by atoms with Crippen molar-refractivity contribution < 1.29 is 0 Å². The monoisotopic (exact) mass is 283 g/mol. The van der Waals surface area contributed by atoms with Gasteiger partial charge in [0.25, 0.3) is 0 Å². The number of aromatic nitrogens is 3. The molecule has 2 rings (SSSR count). The molecular formula is C10H14BrN5. The summed E-state index contributed by atoms with van der Waals surface area (Å²) in [6, 6.07) is 0. The van der Waals surface area contributed by atoms with E-state index in [0.29, 0.717) is 5.82 Å². The van der Waals surface area contributed by atoms with Gasteiger partial charge in [0.05, 0.1) is 5.39 Å². The van der Waals surface area contributed by atoms with Gasteiger partial charge < -0.3 is 15.2 Å². The van der Waals surface area contributed by atoms with Crippen molar-refractivity contribution in [2.75, 3.05) is 26.4 Å². The summed E-state index contributed by atoms with van der Waals surface area (Å²) in [5.41, 5.74) is 6.70. The summed E-state index contributed by atoms with van der Waals surface area (Å²) >= 11 is 3.48. The molecule has 16 heavy (non-hydrogen) atoms. The summed E-state index contributed by atoms with van der Waals surface area (Å²) in [5.74, 6) is 0.514. The summed E-state index contributed by atoms with van der Waals surface area (Å²) < 4.78 is 3.02. The lowest BCUT2D eigenvalue weighted by molar-refractivity contribution is 0.386. The zero-order valence-corrected chi connectivity index (χ0v) is 10.9. The number of hydrogen-bond donors (Lipinski definition) is 1. The molecule has 2 N–H and O–H groups in total. The minimum absolute atomic E-state index is 0.514. The minimum Gasteiger partial charge on any atom is -0.383 e. The highest BCUT2D eigenvalue weighted by molar-refractivity contribution is 9.10. The number of nitrogen functional groups attached to an aromatic ring is 1. The molecule has 0 fully saturated rings. The normalized spacial score (nSPS) is 11.5. The molecule has 2 heterocycles. The number of nitrogens with zero attached hydrogens (tertiary/aromatic N) is 4. The van der Waals surface area contributed by atoms with Crippen LogP contribution in [-0.4, -0.2) is 40.1 Å². The minimum atomic E-state index is 0.514. The summed E-state index contributed by atoms with van der Waals surface area (Å²) in [6.07, 6.45) is 3.50. The van der Waals surface area contributed by atoms with Gasteiger partial charge in [-0.2, -0.15) is 0 Å². The Kier molecular flexibility index (Phi) is 3.11. The average Bonchev–Trinajstić information content (AvgIpc) is 2.54. The molecule has 0 atom stereocenters. The maximum atomic E-state index is 5.82. The fourth-order valence-electron chi connectivity index (χ4n) is 1.58. The van der Waals surface area contributed by atoms with E-state index in [-0.39, 0.29) is 0 Å². The first-order valence-electron chi connectivity index (χ1n) is 4.99. The predicted octanol–water partition coefficient (Wildman–Crippen LogP) is 1.34. The molecule has 86 valence electrons. The Balaban J connectivity index is 2.43. The lowest BCUT2D eigenvalue weighted by atomic mass is 10.4. The Labute approximate surface area is 102 Å². The number of fused-ring (bicyclic) bond motifs is 1. The third-order valence-corrected chi connectivity index (χ3v) is 3.03. The number of nitrogens with two attached hydrogens (primary N) is 1. The second kappa shape index (κ2) is 4.39. The van der Waals surface area contributed by atoms with Crippen LogP contribution in [0, 0.1) is 0 Å². The lowest BCUT2D eigenvalue weighted by Crippen LogP contribution is -2.18. The second-order valence-electron chi connectivity index (χ2n) is 3.93. The van der Waals surface area contributed by atoms with E-state index in [1.54, 1.807) is 0 Å². The molecule has 0 aliphatic carbocycles. The van der Waals surface area contributed by atoms with Crippen LogP contribution in [0.5, 0.6) is 0 Å². The van der Waals surface area contributed by atoms with Crippen molar-refractivity contribution in [2.45, 2.75) is 6.54 Å². The molecule has 0 saturated carbocycles. The Bertz CT molecular complexity index is 505. The Morgan fingerprint density at radius 2 is 2.19 bits per heavy atom.